The van der Waals surface area contributed by atoms with Crippen LogP contribution in [-0.2, 0) is 9.53 Å². The molecule has 1 N–H and O–H groups in total. The Kier molecular flexibility index (Phi) is 5.44. The number of rotatable bonds is 5. The van der Waals surface area contributed by atoms with E-state index in [1.54, 1.807) is 24.3 Å². The van der Waals surface area contributed by atoms with Crippen molar-refractivity contribution in [2.24, 2.45) is 5.10 Å². The Bertz CT molecular complexity index is 898. The van der Waals surface area contributed by atoms with Gasteiger partial charge in [-0.05, 0) is 43.3 Å². The minimum absolute atomic E-state index is 0.191. The summed E-state index contributed by atoms with van der Waals surface area (Å²) in [5.74, 6) is -3.08. The summed E-state index contributed by atoms with van der Waals surface area (Å²) in [6, 6.07) is 9.40. The number of ether oxygens (including phenoxy) is 1. The lowest BCUT2D eigenvalue weighted by atomic mass is 10.2. The van der Waals surface area contributed by atoms with Crippen LogP contribution in [0.25, 0.3) is 0 Å². The van der Waals surface area contributed by atoms with E-state index in [1.807, 2.05) is 11.9 Å². The zero-order valence-electron chi connectivity index (χ0n) is 14.5. The van der Waals surface area contributed by atoms with Crippen molar-refractivity contribution in [3.8, 4) is 0 Å². The molecule has 1 heterocycles. The van der Waals surface area contributed by atoms with E-state index in [-0.39, 0.29) is 11.3 Å². The molecule has 8 heteroatoms. The molecular weight excluding hydrogens is 356 g/mol. The zero-order valence-corrected chi connectivity index (χ0v) is 14.5. The van der Waals surface area contributed by atoms with Crippen LogP contribution >= 0.6 is 0 Å². The number of hydrazone groups is 1. The summed E-state index contributed by atoms with van der Waals surface area (Å²) >= 11 is 0. The predicted molar refractivity (Wildman–Crippen MR) is 96.8 cm³/mol. The Balaban J connectivity index is 1.53. The summed E-state index contributed by atoms with van der Waals surface area (Å²) in [5.41, 5.74) is 1.98. The number of hydrogen-bond donors (Lipinski definition) is 1. The van der Waals surface area contributed by atoms with Gasteiger partial charge >= 0.3 is 5.97 Å². The van der Waals surface area contributed by atoms with Gasteiger partial charge in [0.2, 0.25) is 0 Å². The first-order chi connectivity index (χ1) is 12.9. The molecule has 0 spiro atoms. The molecule has 1 aliphatic rings. The molecule has 0 bridgehead atoms. The number of carbonyl (C=O) groups is 2. The highest BCUT2D eigenvalue weighted by Crippen LogP contribution is 2.20. The average Bonchev–Trinajstić information content (AvgIpc) is 3.08. The normalized spacial score (nSPS) is 13.3. The molecule has 0 saturated heterocycles. The fourth-order valence-corrected chi connectivity index (χ4v) is 2.52. The highest BCUT2D eigenvalue weighted by atomic mass is 19.1. The molecule has 27 heavy (non-hydrogen) atoms. The Morgan fingerprint density at radius 1 is 1.19 bits per heavy atom. The van der Waals surface area contributed by atoms with E-state index in [1.165, 1.54) is 0 Å². The van der Waals surface area contributed by atoms with E-state index in [2.05, 4.69) is 10.4 Å². The lowest BCUT2D eigenvalue weighted by molar-refractivity contribution is -0.119. The van der Waals surface area contributed by atoms with Crippen LogP contribution in [0, 0.1) is 11.6 Å². The number of carbonyl (C=O) groups excluding carboxylic acids is 2. The number of amides is 1. The molecule has 0 fully saturated rings. The fourth-order valence-electron chi connectivity index (χ4n) is 2.52. The van der Waals surface area contributed by atoms with Crippen LogP contribution in [0.2, 0.25) is 0 Å². The standard InChI is InChI=1S/C19H17F2N3O3/c1-12-8-9-24(23-12)15-5-2-13(3-6-15)19(26)27-11-18(25)22-17-7-4-14(20)10-16(17)21/h2-7,10H,8-9,11H2,1H3,(H,22,25). The van der Waals surface area contributed by atoms with Crippen LogP contribution in [0.15, 0.2) is 47.6 Å². The second-order valence-electron chi connectivity index (χ2n) is 6.00. The monoisotopic (exact) mass is 373 g/mol. The summed E-state index contributed by atoms with van der Waals surface area (Å²) in [4.78, 5) is 23.8. The summed E-state index contributed by atoms with van der Waals surface area (Å²) in [6.07, 6.45) is 0.896. The smallest absolute Gasteiger partial charge is 0.338 e. The maximum Gasteiger partial charge on any atom is 0.338 e. The van der Waals surface area contributed by atoms with Crippen LogP contribution in [0.5, 0.6) is 0 Å². The second kappa shape index (κ2) is 7.94. The molecule has 0 saturated carbocycles. The quantitative estimate of drug-likeness (QED) is 0.816. The molecule has 0 radical (unpaired) electrons. The SMILES string of the molecule is CC1=NN(c2ccc(C(=O)OCC(=O)Nc3ccc(F)cc3F)cc2)CC1. The number of benzene rings is 2. The van der Waals surface area contributed by atoms with Crippen LogP contribution in [-0.4, -0.2) is 30.7 Å². The Morgan fingerprint density at radius 3 is 2.56 bits per heavy atom. The first kappa shape index (κ1) is 18.5. The van der Waals surface area contributed by atoms with Gasteiger partial charge in [0.25, 0.3) is 5.91 Å². The van der Waals surface area contributed by atoms with E-state index in [0.717, 1.165) is 36.5 Å². The molecule has 6 nitrogen and oxygen atoms in total. The van der Waals surface area contributed by atoms with E-state index in [4.69, 9.17) is 4.74 Å². The van der Waals surface area contributed by atoms with Crippen molar-refractivity contribution in [3.63, 3.8) is 0 Å². The molecule has 3 rings (SSSR count). The largest absolute Gasteiger partial charge is 0.452 e. The highest BCUT2D eigenvalue weighted by molar-refractivity contribution is 5.95. The molecule has 2 aromatic carbocycles. The molecule has 1 aliphatic heterocycles. The Morgan fingerprint density at radius 2 is 1.93 bits per heavy atom. The van der Waals surface area contributed by atoms with E-state index >= 15 is 0 Å². The molecule has 0 aromatic heterocycles. The van der Waals surface area contributed by atoms with Gasteiger partial charge in [0.15, 0.2) is 6.61 Å². The first-order valence-electron chi connectivity index (χ1n) is 8.26. The number of nitrogens with one attached hydrogen (secondary N) is 1. The van der Waals surface area contributed by atoms with Crippen molar-refractivity contribution in [1.29, 1.82) is 0 Å². The molecule has 2 aromatic rings. The minimum Gasteiger partial charge on any atom is -0.452 e. The molecule has 0 aliphatic carbocycles. The van der Waals surface area contributed by atoms with Crippen LogP contribution in [0.1, 0.15) is 23.7 Å². The number of halogens is 2. The molecule has 0 unspecified atom stereocenters. The van der Waals surface area contributed by atoms with Gasteiger partial charge in [-0.2, -0.15) is 5.10 Å². The maximum atomic E-state index is 13.5. The summed E-state index contributed by atoms with van der Waals surface area (Å²) in [6.45, 7) is 2.15. The Hall–Kier alpha value is -3.29. The zero-order chi connectivity index (χ0) is 19.4. The molecule has 0 atom stereocenters. The molecule has 1 amide bonds. The third-order valence-electron chi connectivity index (χ3n) is 3.92. The van der Waals surface area contributed by atoms with Gasteiger partial charge < -0.3 is 10.1 Å². The van der Waals surface area contributed by atoms with Crippen LogP contribution in [0.3, 0.4) is 0 Å². The third-order valence-corrected chi connectivity index (χ3v) is 3.92. The maximum absolute atomic E-state index is 13.5. The summed E-state index contributed by atoms with van der Waals surface area (Å²) < 4.78 is 31.2. The van der Waals surface area contributed by atoms with Crippen molar-refractivity contribution in [3.05, 3.63) is 59.7 Å². The molecule has 140 valence electrons. The van der Waals surface area contributed by atoms with Crippen molar-refractivity contribution < 1.29 is 23.1 Å². The number of hydrogen-bond acceptors (Lipinski definition) is 5. The van der Waals surface area contributed by atoms with Crippen molar-refractivity contribution in [2.75, 3.05) is 23.5 Å². The number of anilines is 2. The summed E-state index contributed by atoms with van der Waals surface area (Å²) in [7, 11) is 0. The highest BCUT2D eigenvalue weighted by Gasteiger charge is 2.15. The van der Waals surface area contributed by atoms with E-state index in [0.29, 0.717) is 6.07 Å². The summed E-state index contributed by atoms with van der Waals surface area (Å²) in [5, 5.41) is 8.43. The van der Waals surface area contributed by atoms with Gasteiger partial charge in [-0.15, -0.1) is 0 Å². The second-order valence-corrected chi connectivity index (χ2v) is 6.00. The predicted octanol–water partition coefficient (Wildman–Crippen LogP) is 3.35. The van der Waals surface area contributed by atoms with Gasteiger partial charge in [-0.3, -0.25) is 9.80 Å². The van der Waals surface area contributed by atoms with Crippen molar-refractivity contribution >= 4 is 29.0 Å². The number of esters is 1. The van der Waals surface area contributed by atoms with Gasteiger partial charge in [0, 0.05) is 24.7 Å². The van der Waals surface area contributed by atoms with Crippen molar-refractivity contribution in [2.45, 2.75) is 13.3 Å². The average molecular weight is 373 g/mol. The fraction of sp³-hybridized carbons (Fsp3) is 0.211. The van der Waals surface area contributed by atoms with Gasteiger partial charge in [0.05, 0.1) is 16.9 Å². The lowest BCUT2D eigenvalue weighted by Gasteiger charge is -2.13. The number of nitrogens with zero attached hydrogens (tertiary/aromatic N) is 2. The lowest BCUT2D eigenvalue weighted by Crippen LogP contribution is -2.21. The third kappa shape index (κ3) is 4.66. The topological polar surface area (TPSA) is 71.0 Å². The van der Waals surface area contributed by atoms with Gasteiger partial charge in [-0.1, -0.05) is 0 Å². The van der Waals surface area contributed by atoms with Gasteiger partial charge in [-0.25, -0.2) is 13.6 Å². The van der Waals surface area contributed by atoms with E-state index in [9.17, 15) is 18.4 Å². The van der Waals surface area contributed by atoms with Crippen LogP contribution in [0.4, 0.5) is 20.2 Å². The minimum atomic E-state index is -0.912. The molecular formula is C19H17F2N3O3. The van der Waals surface area contributed by atoms with Crippen molar-refractivity contribution in [1.82, 2.24) is 0 Å². The Labute approximate surface area is 154 Å². The van der Waals surface area contributed by atoms with Gasteiger partial charge in [0.1, 0.15) is 11.6 Å². The van der Waals surface area contributed by atoms with Crippen LogP contribution < -0.4 is 10.3 Å². The van der Waals surface area contributed by atoms with E-state index < -0.39 is 30.1 Å². The first-order valence-corrected chi connectivity index (χ1v) is 8.26.